The summed E-state index contributed by atoms with van der Waals surface area (Å²) in [5.41, 5.74) is 0. The molecule has 0 atom stereocenters. The van der Waals surface area contributed by atoms with Gasteiger partial charge < -0.3 is 0 Å². The van der Waals surface area contributed by atoms with E-state index in [-0.39, 0.29) is 11.6 Å². The zero-order chi connectivity index (χ0) is 9.40. The maximum atomic E-state index is 10.9. The molecule has 0 unspecified atom stereocenters. The normalized spacial score (nSPS) is 10.5. The van der Waals surface area contributed by atoms with E-state index in [4.69, 9.17) is 0 Å². The van der Waals surface area contributed by atoms with E-state index >= 15 is 0 Å². The predicted octanol–water partition coefficient (Wildman–Crippen LogP) is 2.28. The Bertz CT molecular complexity index is 160. The van der Waals surface area contributed by atoms with Gasteiger partial charge in [-0.15, -0.1) is 0 Å². The summed E-state index contributed by atoms with van der Waals surface area (Å²) in [4.78, 5) is 21.8. The quantitative estimate of drug-likeness (QED) is 0.570. The molecule has 68 valence electrons. The fourth-order valence-corrected chi connectivity index (χ4v) is 0.845. The number of carbonyl (C=O) groups excluding carboxylic acids is 2. The van der Waals surface area contributed by atoms with Crippen LogP contribution in [0.1, 0.15) is 39.5 Å². The van der Waals surface area contributed by atoms with Crippen LogP contribution in [-0.2, 0) is 9.59 Å². The number of hydrogen-bond donors (Lipinski definition) is 0. The fourth-order valence-electron chi connectivity index (χ4n) is 0.845. The largest absolute Gasteiger partial charge is 0.295 e. The van der Waals surface area contributed by atoms with E-state index in [1.807, 2.05) is 13.8 Å². The van der Waals surface area contributed by atoms with Crippen molar-refractivity contribution >= 4 is 11.6 Å². The summed E-state index contributed by atoms with van der Waals surface area (Å²) in [5.74, 6) is 0.0870. The zero-order valence-electron chi connectivity index (χ0n) is 7.80. The van der Waals surface area contributed by atoms with Crippen molar-refractivity contribution in [2.45, 2.75) is 39.5 Å². The lowest BCUT2D eigenvalue weighted by Crippen LogP contribution is -1.95. The Morgan fingerprint density at radius 3 is 1.50 bits per heavy atom. The van der Waals surface area contributed by atoms with Crippen LogP contribution in [0.3, 0.4) is 0 Å². The van der Waals surface area contributed by atoms with E-state index in [0.717, 1.165) is 12.8 Å². The third-order valence-electron chi connectivity index (χ3n) is 1.45. The first-order chi connectivity index (χ1) is 5.70. The molecule has 0 spiro atoms. The molecule has 0 saturated carbocycles. The first-order valence-electron chi connectivity index (χ1n) is 4.44. The average Bonchev–Trinajstić information content (AvgIpc) is 2.02. The second kappa shape index (κ2) is 6.77. The van der Waals surface area contributed by atoms with E-state index in [2.05, 4.69) is 0 Å². The maximum Gasteiger partial charge on any atom is 0.155 e. The third kappa shape index (κ3) is 5.83. The highest BCUT2D eigenvalue weighted by Gasteiger charge is 1.96. The van der Waals surface area contributed by atoms with E-state index in [1.165, 1.54) is 12.2 Å². The number of carbonyl (C=O) groups is 2. The summed E-state index contributed by atoms with van der Waals surface area (Å²) in [6.07, 6.45) is 5.53. The first-order valence-corrected chi connectivity index (χ1v) is 4.44. The highest BCUT2D eigenvalue weighted by Crippen LogP contribution is 1.94. The molecule has 2 heteroatoms. The smallest absolute Gasteiger partial charge is 0.155 e. The van der Waals surface area contributed by atoms with Crippen molar-refractivity contribution in [1.82, 2.24) is 0 Å². The minimum atomic E-state index is 0.0435. The molecule has 0 aliphatic rings. The second-order valence-electron chi connectivity index (χ2n) is 2.77. The summed E-state index contributed by atoms with van der Waals surface area (Å²) >= 11 is 0. The molecule has 0 N–H and O–H groups in total. The van der Waals surface area contributed by atoms with Gasteiger partial charge in [0.05, 0.1) is 0 Å². The Hall–Kier alpha value is -0.920. The molecule has 0 rings (SSSR count). The van der Waals surface area contributed by atoms with Gasteiger partial charge in [-0.2, -0.15) is 0 Å². The van der Waals surface area contributed by atoms with Crippen molar-refractivity contribution < 1.29 is 9.59 Å². The van der Waals surface area contributed by atoms with Crippen molar-refractivity contribution in [1.29, 1.82) is 0 Å². The van der Waals surface area contributed by atoms with Crippen LogP contribution in [-0.4, -0.2) is 11.6 Å². The van der Waals surface area contributed by atoms with Crippen LogP contribution in [0.4, 0.5) is 0 Å². The van der Waals surface area contributed by atoms with Crippen LogP contribution in [0.2, 0.25) is 0 Å². The summed E-state index contributed by atoms with van der Waals surface area (Å²) in [7, 11) is 0. The van der Waals surface area contributed by atoms with Crippen LogP contribution < -0.4 is 0 Å². The Morgan fingerprint density at radius 1 is 0.917 bits per heavy atom. The van der Waals surface area contributed by atoms with Crippen molar-refractivity contribution in [3.05, 3.63) is 12.2 Å². The maximum absolute atomic E-state index is 10.9. The molecule has 0 radical (unpaired) electrons. The van der Waals surface area contributed by atoms with Gasteiger partial charge in [-0.25, -0.2) is 0 Å². The third-order valence-corrected chi connectivity index (χ3v) is 1.45. The van der Waals surface area contributed by atoms with Crippen molar-refractivity contribution in [3.8, 4) is 0 Å². The fraction of sp³-hybridized carbons (Fsp3) is 0.600. The van der Waals surface area contributed by atoms with Gasteiger partial charge in [0.15, 0.2) is 11.6 Å². The molecule has 0 fully saturated rings. The lowest BCUT2D eigenvalue weighted by Gasteiger charge is -1.89. The molecule has 0 aromatic carbocycles. The Morgan fingerprint density at radius 2 is 1.25 bits per heavy atom. The number of rotatable bonds is 6. The van der Waals surface area contributed by atoms with E-state index in [9.17, 15) is 9.59 Å². The van der Waals surface area contributed by atoms with E-state index in [0.29, 0.717) is 12.8 Å². The molecule has 0 aromatic rings. The van der Waals surface area contributed by atoms with Crippen LogP contribution >= 0.6 is 0 Å². The van der Waals surface area contributed by atoms with Crippen molar-refractivity contribution in [2.75, 3.05) is 0 Å². The predicted molar refractivity (Wildman–Crippen MR) is 49.0 cm³/mol. The average molecular weight is 168 g/mol. The van der Waals surface area contributed by atoms with Gasteiger partial charge in [-0.3, -0.25) is 9.59 Å². The van der Waals surface area contributed by atoms with E-state index < -0.39 is 0 Å². The molecule has 2 nitrogen and oxygen atoms in total. The SMILES string of the molecule is CCCC(=O)/C=C/C(=O)CCC. The van der Waals surface area contributed by atoms with Crippen LogP contribution in [0.25, 0.3) is 0 Å². The highest BCUT2D eigenvalue weighted by molar-refractivity contribution is 5.98. The van der Waals surface area contributed by atoms with E-state index in [1.54, 1.807) is 0 Å². The van der Waals surface area contributed by atoms with Gasteiger partial charge in [-0.05, 0) is 25.0 Å². The number of hydrogen-bond acceptors (Lipinski definition) is 2. The Kier molecular flexibility index (Phi) is 6.25. The van der Waals surface area contributed by atoms with Crippen LogP contribution in [0, 0.1) is 0 Å². The molecule has 0 saturated heterocycles. The number of allylic oxidation sites excluding steroid dienone is 2. The van der Waals surface area contributed by atoms with Gasteiger partial charge in [0.25, 0.3) is 0 Å². The minimum Gasteiger partial charge on any atom is -0.295 e. The van der Waals surface area contributed by atoms with Gasteiger partial charge in [0, 0.05) is 12.8 Å². The number of ketones is 2. The molecule has 0 aliphatic heterocycles. The molecular weight excluding hydrogens is 152 g/mol. The van der Waals surface area contributed by atoms with Gasteiger partial charge in [0.2, 0.25) is 0 Å². The molecule has 0 aliphatic carbocycles. The zero-order valence-corrected chi connectivity index (χ0v) is 7.80. The first kappa shape index (κ1) is 11.1. The van der Waals surface area contributed by atoms with Crippen molar-refractivity contribution in [3.63, 3.8) is 0 Å². The summed E-state index contributed by atoms with van der Waals surface area (Å²) in [6.45, 7) is 3.89. The Balaban J connectivity index is 3.73. The molecule has 0 amide bonds. The van der Waals surface area contributed by atoms with Gasteiger partial charge in [0.1, 0.15) is 0 Å². The lowest BCUT2D eigenvalue weighted by atomic mass is 10.2. The standard InChI is InChI=1S/C10H16O2/c1-3-5-9(11)7-8-10(12)6-4-2/h7-8H,3-6H2,1-2H3/b8-7+. The van der Waals surface area contributed by atoms with Crippen molar-refractivity contribution in [2.24, 2.45) is 0 Å². The summed E-state index contributed by atoms with van der Waals surface area (Å²) in [5, 5.41) is 0. The molecule has 12 heavy (non-hydrogen) atoms. The highest BCUT2D eigenvalue weighted by atomic mass is 16.1. The monoisotopic (exact) mass is 168 g/mol. The van der Waals surface area contributed by atoms with Gasteiger partial charge in [-0.1, -0.05) is 13.8 Å². The molecule has 0 bridgehead atoms. The minimum absolute atomic E-state index is 0.0435. The van der Waals surface area contributed by atoms with Crippen LogP contribution in [0.15, 0.2) is 12.2 Å². The second-order valence-corrected chi connectivity index (χ2v) is 2.77. The molecular formula is C10H16O2. The Labute approximate surface area is 73.7 Å². The molecule has 0 aromatic heterocycles. The topological polar surface area (TPSA) is 34.1 Å². The lowest BCUT2D eigenvalue weighted by molar-refractivity contribution is -0.116. The summed E-state index contributed by atoms with van der Waals surface area (Å²) < 4.78 is 0. The molecule has 0 heterocycles. The summed E-state index contributed by atoms with van der Waals surface area (Å²) in [6, 6.07) is 0. The van der Waals surface area contributed by atoms with Gasteiger partial charge >= 0.3 is 0 Å². The van der Waals surface area contributed by atoms with Crippen LogP contribution in [0.5, 0.6) is 0 Å².